The molecule has 0 radical (unpaired) electrons. The van der Waals surface area contributed by atoms with Gasteiger partial charge in [0.1, 0.15) is 0 Å². The predicted molar refractivity (Wildman–Crippen MR) is 46.1 cm³/mol. The molecule has 0 bridgehead atoms. The van der Waals surface area contributed by atoms with Crippen molar-refractivity contribution in [3.8, 4) is 0 Å². The van der Waals surface area contributed by atoms with E-state index in [1.54, 1.807) is 0 Å². The Morgan fingerprint density at radius 1 is 1.64 bits per heavy atom. The summed E-state index contributed by atoms with van der Waals surface area (Å²) in [6, 6.07) is 0. The van der Waals surface area contributed by atoms with Crippen molar-refractivity contribution in [1.29, 1.82) is 0 Å². The fraction of sp³-hybridized carbons (Fsp3) is 0.875. The van der Waals surface area contributed by atoms with Gasteiger partial charge in [-0.25, -0.2) is 0 Å². The first-order valence-corrected chi connectivity index (χ1v) is 4.15. The Morgan fingerprint density at radius 2 is 2.27 bits per heavy atom. The Bertz CT molecular complexity index is 111. The number of hydrogen-bond donors (Lipinski definition) is 2. The molecule has 1 unspecified atom stereocenters. The van der Waals surface area contributed by atoms with Crippen molar-refractivity contribution in [2.24, 2.45) is 11.7 Å². The fourth-order valence-corrected chi connectivity index (χ4v) is 0.941. The number of amides is 1. The molecule has 3 nitrogen and oxygen atoms in total. The van der Waals surface area contributed by atoms with Crippen LogP contribution in [-0.4, -0.2) is 19.0 Å². The lowest BCUT2D eigenvalue weighted by Crippen LogP contribution is -2.25. The first kappa shape index (κ1) is 10.4. The Kier molecular flexibility index (Phi) is 5.84. The highest BCUT2D eigenvalue weighted by molar-refractivity contribution is 5.72. The molecule has 0 saturated heterocycles. The molecule has 0 rings (SSSR count). The Hall–Kier alpha value is -0.570. The summed E-state index contributed by atoms with van der Waals surface area (Å²) in [6.07, 6.45) is 2.09. The molecule has 0 fully saturated rings. The molecule has 0 heterocycles. The SMILES string of the molecule is CCC(CN)CCNC(C)=O. The van der Waals surface area contributed by atoms with E-state index in [2.05, 4.69) is 12.2 Å². The highest BCUT2D eigenvalue weighted by Crippen LogP contribution is 2.03. The van der Waals surface area contributed by atoms with Gasteiger partial charge in [0.15, 0.2) is 0 Å². The van der Waals surface area contributed by atoms with Crippen molar-refractivity contribution >= 4 is 5.91 Å². The Labute approximate surface area is 68.3 Å². The number of hydrogen-bond acceptors (Lipinski definition) is 2. The van der Waals surface area contributed by atoms with Crippen LogP contribution in [0.2, 0.25) is 0 Å². The quantitative estimate of drug-likeness (QED) is 0.612. The van der Waals surface area contributed by atoms with Crippen LogP contribution in [0.5, 0.6) is 0 Å². The summed E-state index contributed by atoms with van der Waals surface area (Å²) in [5.41, 5.74) is 5.49. The summed E-state index contributed by atoms with van der Waals surface area (Å²) in [5, 5.41) is 2.75. The third kappa shape index (κ3) is 5.85. The smallest absolute Gasteiger partial charge is 0.216 e. The minimum Gasteiger partial charge on any atom is -0.356 e. The van der Waals surface area contributed by atoms with Gasteiger partial charge in [0.25, 0.3) is 0 Å². The van der Waals surface area contributed by atoms with Crippen LogP contribution in [0.1, 0.15) is 26.7 Å². The maximum atomic E-state index is 10.5. The second kappa shape index (κ2) is 6.16. The zero-order valence-corrected chi connectivity index (χ0v) is 7.39. The van der Waals surface area contributed by atoms with E-state index in [0.29, 0.717) is 5.92 Å². The van der Waals surface area contributed by atoms with Gasteiger partial charge in [-0.1, -0.05) is 13.3 Å². The minimum absolute atomic E-state index is 0.0388. The van der Waals surface area contributed by atoms with Crippen molar-refractivity contribution in [2.45, 2.75) is 26.7 Å². The first-order valence-electron chi connectivity index (χ1n) is 4.15. The van der Waals surface area contributed by atoms with Gasteiger partial charge < -0.3 is 11.1 Å². The number of nitrogens with two attached hydrogens (primary N) is 1. The van der Waals surface area contributed by atoms with Crippen molar-refractivity contribution in [2.75, 3.05) is 13.1 Å². The lowest BCUT2D eigenvalue weighted by molar-refractivity contribution is -0.118. The summed E-state index contributed by atoms with van der Waals surface area (Å²) in [5.74, 6) is 0.596. The van der Waals surface area contributed by atoms with Crippen molar-refractivity contribution in [3.63, 3.8) is 0 Å². The summed E-state index contributed by atoms with van der Waals surface area (Å²) < 4.78 is 0. The third-order valence-electron chi connectivity index (χ3n) is 1.84. The zero-order valence-electron chi connectivity index (χ0n) is 7.39. The van der Waals surface area contributed by atoms with E-state index in [4.69, 9.17) is 5.73 Å². The van der Waals surface area contributed by atoms with Crippen LogP contribution in [0, 0.1) is 5.92 Å². The van der Waals surface area contributed by atoms with Gasteiger partial charge >= 0.3 is 0 Å². The van der Waals surface area contributed by atoms with Gasteiger partial charge in [0.2, 0.25) is 5.91 Å². The maximum absolute atomic E-state index is 10.5. The van der Waals surface area contributed by atoms with E-state index >= 15 is 0 Å². The van der Waals surface area contributed by atoms with Gasteiger partial charge in [0.05, 0.1) is 0 Å². The van der Waals surface area contributed by atoms with Crippen LogP contribution >= 0.6 is 0 Å². The molecule has 0 spiro atoms. The van der Waals surface area contributed by atoms with Gasteiger partial charge in [-0.3, -0.25) is 4.79 Å². The van der Waals surface area contributed by atoms with Crippen LogP contribution < -0.4 is 11.1 Å². The largest absolute Gasteiger partial charge is 0.356 e. The highest BCUT2D eigenvalue weighted by Gasteiger charge is 2.02. The maximum Gasteiger partial charge on any atom is 0.216 e. The number of carbonyl (C=O) groups is 1. The van der Waals surface area contributed by atoms with Crippen molar-refractivity contribution in [1.82, 2.24) is 5.32 Å². The molecule has 0 saturated carbocycles. The zero-order chi connectivity index (χ0) is 8.69. The predicted octanol–water partition coefficient (Wildman–Crippen LogP) is 0.497. The number of nitrogens with one attached hydrogen (secondary N) is 1. The standard InChI is InChI=1S/C8H18N2O/c1-3-8(6-9)4-5-10-7(2)11/h8H,3-6,9H2,1-2H3,(H,10,11). The normalized spacial score (nSPS) is 12.6. The molecular weight excluding hydrogens is 140 g/mol. The lowest BCUT2D eigenvalue weighted by Gasteiger charge is -2.11. The van der Waals surface area contributed by atoms with Crippen LogP contribution in [0.25, 0.3) is 0 Å². The van der Waals surface area contributed by atoms with E-state index in [1.165, 1.54) is 6.92 Å². The molecule has 0 aromatic heterocycles. The minimum atomic E-state index is 0.0388. The molecule has 1 amide bonds. The van der Waals surface area contributed by atoms with Crippen LogP contribution in [0.15, 0.2) is 0 Å². The molecule has 66 valence electrons. The number of carbonyl (C=O) groups excluding carboxylic acids is 1. The molecule has 11 heavy (non-hydrogen) atoms. The van der Waals surface area contributed by atoms with E-state index < -0.39 is 0 Å². The monoisotopic (exact) mass is 158 g/mol. The van der Waals surface area contributed by atoms with Crippen molar-refractivity contribution < 1.29 is 4.79 Å². The van der Waals surface area contributed by atoms with Gasteiger partial charge in [-0.2, -0.15) is 0 Å². The van der Waals surface area contributed by atoms with Gasteiger partial charge in [0, 0.05) is 13.5 Å². The Balaban J connectivity index is 3.28. The second-order valence-corrected chi connectivity index (χ2v) is 2.78. The van der Waals surface area contributed by atoms with E-state index in [0.717, 1.165) is 25.9 Å². The molecule has 0 aliphatic carbocycles. The topological polar surface area (TPSA) is 55.1 Å². The van der Waals surface area contributed by atoms with Crippen LogP contribution in [-0.2, 0) is 4.79 Å². The molecule has 0 aliphatic heterocycles. The van der Waals surface area contributed by atoms with Crippen LogP contribution in [0.3, 0.4) is 0 Å². The third-order valence-corrected chi connectivity index (χ3v) is 1.84. The summed E-state index contributed by atoms with van der Waals surface area (Å²) >= 11 is 0. The molecule has 0 aliphatic rings. The van der Waals surface area contributed by atoms with E-state index in [9.17, 15) is 4.79 Å². The summed E-state index contributed by atoms with van der Waals surface area (Å²) in [7, 11) is 0. The molecular formula is C8H18N2O. The van der Waals surface area contributed by atoms with E-state index in [1.807, 2.05) is 0 Å². The van der Waals surface area contributed by atoms with Crippen LogP contribution in [0.4, 0.5) is 0 Å². The lowest BCUT2D eigenvalue weighted by atomic mass is 10.0. The molecule has 0 aromatic rings. The second-order valence-electron chi connectivity index (χ2n) is 2.78. The summed E-state index contributed by atoms with van der Waals surface area (Å²) in [6.45, 7) is 5.12. The Morgan fingerprint density at radius 3 is 2.64 bits per heavy atom. The van der Waals surface area contributed by atoms with Gasteiger partial charge in [-0.15, -0.1) is 0 Å². The fourth-order valence-electron chi connectivity index (χ4n) is 0.941. The van der Waals surface area contributed by atoms with E-state index in [-0.39, 0.29) is 5.91 Å². The highest BCUT2D eigenvalue weighted by atomic mass is 16.1. The summed E-state index contributed by atoms with van der Waals surface area (Å²) in [4.78, 5) is 10.5. The molecule has 3 heteroatoms. The molecule has 3 N–H and O–H groups in total. The average molecular weight is 158 g/mol. The number of rotatable bonds is 5. The molecule has 0 aromatic carbocycles. The van der Waals surface area contributed by atoms with Gasteiger partial charge in [-0.05, 0) is 18.9 Å². The molecule has 1 atom stereocenters. The van der Waals surface area contributed by atoms with Crippen molar-refractivity contribution in [3.05, 3.63) is 0 Å². The average Bonchev–Trinajstić information content (AvgIpc) is 1.98. The first-order chi connectivity index (χ1) is 5.20.